The lowest BCUT2D eigenvalue weighted by Crippen LogP contribution is -2.16. The van der Waals surface area contributed by atoms with Crippen molar-refractivity contribution in [3.8, 4) is 5.75 Å². The zero-order chi connectivity index (χ0) is 21.1. The summed E-state index contributed by atoms with van der Waals surface area (Å²) < 4.78 is 16.1. The Hall–Kier alpha value is -4.07. The van der Waals surface area contributed by atoms with Gasteiger partial charge in [-0.1, -0.05) is 12.1 Å². The number of hydrogen-bond donors (Lipinski definition) is 2. The van der Waals surface area contributed by atoms with Crippen molar-refractivity contribution in [3.63, 3.8) is 0 Å². The fourth-order valence-electron chi connectivity index (χ4n) is 3.11. The van der Waals surface area contributed by atoms with E-state index in [0.29, 0.717) is 22.6 Å². The number of benzene rings is 1. The molecule has 0 fully saturated rings. The number of aromatic amines is 1. The standard InChI is InChI=1S/C22H19N3O5/c1-3-29-22(27)18-19(26)17(11-13-12-24-20-14(13)7-6-10-23-20)30-21(18)25-15-8-4-5-9-16(15)28-2/h4-12,25H,3H2,1-2H3,(H,23,24)/b17-11-. The molecule has 4 rings (SSSR count). The van der Waals surface area contributed by atoms with Crippen molar-refractivity contribution in [2.45, 2.75) is 6.92 Å². The average molecular weight is 405 g/mol. The minimum absolute atomic E-state index is 0.000189. The van der Waals surface area contributed by atoms with Crippen LogP contribution >= 0.6 is 0 Å². The molecule has 2 aromatic heterocycles. The topological polar surface area (TPSA) is 103 Å². The maximum atomic E-state index is 13.0. The molecule has 0 amide bonds. The lowest BCUT2D eigenvalue weighted by atomic mass is 10.1. The Morgan fingerprint density at radius 2 is 2.10 bits per heavy atom. The molecule has 3 heterocycles. The summed E-state index contributed by atoms with van der Waals surface area (Å²) in [7, 11) is 1.53. The monoisotopic (exact) mass is 405 g/mol. The second-order valence-corrected chi connectivity index (χ2v) is 6.33. The fraction of sp³-hybridized carbons (Fsp3) is 0.136. The summed E-state index contributed by atoms with van der Waals surface area (Å²) in [5.41, 5.74) is 1.73. The molecule has 8 heteroatoms. The first kappa shape index (κ1) is 19.3. The summed E-state index contributed by atoms with van der Waals surface area (Å²) in [6.07, 6.45) is 4.96. The number of methoxy groups -OCH3 is 1. The number of rotatable bonds is 6. The van der Waals surface area contributed by atoms with E-state index in [9.17, 15) is 9.59 Å². The van der Waals surface area contributed by atoms with Crippen LogP contribution in [-0.2, 0) is 19.1 Å². The van der Waals surface area contributed by atoms with Gasteiger partial charge in [0.15, 0.2) is 11.3 Å². The van der Waals surface area contributed by atoms with E-state index in [-0.39, 0.29) is 23.8 Å². The van der Waals surface area contributed by atoms with Crippen molar-refractivity contribution >= 4 is 34.5 Å². The quantitative estimate of drug-likeness (QED) is 0.368. The van der Waals surface area contributed by atoms with Crippen LogP contribution in [0, 0.1) is 0 Å². The Balaban J connectivity index is 1.72. The number of ether oxygens (including phenoxy) is 3. The number of pyridine rings is 1. The van der Waals surface area contributed by atoms with E-state index in [0.717, 1.165) is 5.39 Å². The molecule has 1 aromatic carbocycles. The van der Waals surface area contributed by atoms with E-state index in [2.05, 4.69) is 15.3 Å². The molecule has 1 aliphatic rings. The number of ketones is 1. The van der Waals surface area contributed by atoms with Crippen molar-refractivity contribution in [1.29, 1.82) is 0 Å². The molecule has 152 valence electrons. The number of Topliss-reactive ketones (excluding diaryl/α,β-unsaturated/α-hetero) is 1. The number of carbonyl (C=O) groups excluding carboxylic acids is 2. The summed E-state index contributed by atoms with van der Waals surface area (Å²) >= 11 is 0. The summed E-state index contributed by atoms with van der Waals surface area (Å²) in [5.74, 6) is -0.801. The molecule has 0 radical (unpaired) electrons. The van der Waals surface area contributed by atoms with Gasteiger partial charge in [-0.15, -0.1) is 0 Å². The second kappa shape index (κ2) is 8.12. The van der Waals surface area contributed by atoms with Gasteiger partial charge in [0.1, 0.15) is 11.4 Å². The molecule has 2 N–H and O–H groups in total. The maximum absolute atomic E-state index is 13.0. The molecule has 30 heavy (non-hydrogen) atoms. The summed E-state index contributed by atoms with van der Waals surface area (Å²) in [5, 5.41) is 3.80. The molecule has 0 saturated heterocycles. The third-order valence-electron chi connectivity index (χ3n) is 4.49. The van der Waals surface area contributed by atoms with Crippen LogP contribution in [0.15, 0.2) is 66.0 Å². The number of anilines is 1. The van der Waals surface area contributed by atoms with Crippen molar-refractivity contribution in [1.82, 2.24) is 9.97 Å². The van der Waals surface area contributed by atoms with Crippen molar-refractivity contribution in [2.75, 3.05) is 19.0 Å². The third kappa shape index (κ3) is 3.50. The van der Waals surface area contributed by atoms with E-state index in [4.69, 9.17) is 14.2 Å². The fourth-order valence-corrected chi connectivity index (χ4v) is 3.11. The highest BCUT2D eigenvalue weighted by atomic mass is 16.5. The maximum Gasteiger partial charge on any atom is 0.347 e. The smallest absolute Gasteiger partial charge is 0.347 e. The van der Waals surface area contributed by atoms with Gasteiger partial charge in [0.2, 0.25) is 11.7 Å². The first-order valence-electron chi connectivity index (χ1n) is 9.30. The van der Waals surface area contributed by atoms with Gasteiger partial charge in [-0.3, -0.25) is 4.79 Å². The van der Waals surface area contributed by atoms with Crippen LogP contribution in [0.1, 0.15) is 12.5 Å². The van der Waals surface area contributed by atoms with Crippen LogP contribution in [0.25, 0.3) is 17.1 Å². The number of nitrogens with zero attached hydrogens (tertiary/aromatic N) is 1. The summed E-state index contributed by atoms with van der Waals surface area (Å²) in [6.45, 7) is 1.80. The predicted molar refractivity (Wildman–Crippen MR) is 110 cm³/mol. The van der Waals surface area contributed by atoms with Crippen molar-refractivity contribution in [2.24, 2.45) is 0 Å². The molecule has 0 spiro atoms. The molecule has 3 aromatic rings. The van der Waals surface area contributed by atoms with Crippen LogP contribution in [0.3, 0.4) is 0 Å². The molecule has 0 saturated carbocycles. The van der Waals surface area contributed by atoms with E-state index in [1.807, 2.05) is 12.1 Å². The molecule has 8 nitrogen and oxygen atoms in total. The molecule has 0 aliphatic carbocycles. The van der Waals surface area contributed by atoms with Gasteiger partial charge >= 0.3 is 5.97 Å². The number of esters is 1. The molecular formula is C22H19N3O5. The second-order valence-electron chi connectivity index (χ2n) is 6.33. The minimum atomic E-state index is -0.760. The normalized spacial score (nSPS) is 14.9. The largest absolute Gasteiger partial charge is 0.495 e. The Bertz CT molecular complexity index is 1190. The van der Waals surface area contributed by atoms with E-state index in [1.54, 1.807) is 49.7 Å². The van der Waals surface area contributed by atoms with E-state index in [1.165, 1.54) is 7.11 Å². The molecule has 1 aliphatic heterocycles. The Kier molecular flexibility index (Phi) is 5.21. The van der Waals surface area contributed by atoms with Crippen LogP contribution < -0.4 is 10.1 Å². The number of fused-ring (bicyclic) bond motifs is 1. The molecule has 0 atom stereocenters. The van der Waals surface area contributed by atoms with Gasteiger partial charge in [0, 0.05) is 23.3 Å². The number of H-pyrrole nitrogens is 1. The highest BCUT2D eigenvalue weighted by molar-refractivity contribution is 6.26. The SMILES string of the molecule is CCOC(=O)C1=C(Nc2ccccc2OC)O/C(=C\c2c[nH]c3ncccc23)C1=O. The zero-order valence-corrected chi connectivity index (χ0v) is 16.4. The lowest BCUT2D eigenvalue weighted by molar-refractivity contribution is -0.139. The first-order valence-corrected chi connectivity index (χ1v) is 9.30. The molecule has 0 unspecified atom stereocenters. The van der Waals surface area contributed by atoms with Crippen LogP contribution in [-0.4, -0.2) is 35.4 Å². The molecular weight excluding hydrogens is 386 g/mol. The van der Waals surface area contributed by atoms with Gasteiger partial charge in [-0.05, 0) is 37.3 Å². The molecule has 0 bridgehead atoms. The number of aromatic nitrogens is 2. The Morgan fingerprint density at radius 1 is 1.27 bits per heavy atom. The number of allylic oxidation sites excluding steroid dienone is 1. The lowest BCUT2D eigenvalue weighted by Gasteiger charge is -2.12. The average Bonchev–Trinajstić information content (AvgIpc) is 3.30. The number of hydrogen-bond acceptors (Lipinski definition) is 7. The summed E-state index contributed by atoms with van der Waals surface area (Å²) in [6, 6.07) is 10.8. The Labute approximate surface area is 172 Å². The number of nitrogens with one attached hydrogen (secondary N) is 2. The van der Waals surface area contributed by atoms with Crippen LogP contribution in [0.4, 0.5) is 5.69 Å². The van der Waals surface area contributed by atoms with Crippen LogP contribution in [0.2, 0.25) is 0 Å². The Morgan fingerprint density at radius 3 is 2.90 bits per heavy atom. The van der Waals surface area contributed by atoms with Gasteiger partial charge in [0.05, 0.1) is 19.4 Å². The summed E-state index contributed by atoms with van der Waals surface area (Å²) in [4.78, 5) is 32.7. The number of para-hydroxylation sites is 2. The van der Waals surface area contributed by atoms with Gasteiger partial charge in [0.25, 0.3) is 0 Å². The van der Waals surface area contributed by atoms with E-state index < -0.39 is 11.8 Å². The van der Waals surface area contributed by atoms with Crippen molar-refractivity contribution in [3.05, 3.63) is 71.6 Å². The highest BCUT2D eigenvalue weighted by Gasteiger charge is 2.37. The predicted octanol–water partition coefficient (Wildman–Crippen LogP) is 3.40. The van der Waals surface area contributed by atoms with Crippen LogP contribution in [0.5, 0.6) is 5.75 Å². The van der Waals surface area contributed by atoms with Gasteiger partial charge in [-0.25, -0.2) is 9.78 Å². The zero-order valence-electron chi connectivity index (χ0n) is 16.4. The van der Waals surface area contributed by atoms with Crippen molar-refractivity contribution < 1.29 is 23.8 Å². The number of carbonyl (C=O) groups is 2. The highest BCUT2D eigenvalue weighted by Crippen LogP contribution is 2.32. The van der Waals surface area contributed by atoms with Gasteiger partial charge in [-0.2, -0.15) is 0 Å². The third-order valence-corrected chi connectivity index (χ3v) is 4.49. The minimum Gasteiger partial charge on any atom is -0.495 e. The van der Waals surface area contributed by atoms with E-state index >= 15 is 0 Å². The van der Waals surface area contributed by atoms with Gasteiger partial charge < -0.3 is 24.5 Å². The first-order chi connectivity index (χ1) is 14.6.